The third-order valence-electron chi connectivity index (χ3n) is 4.58. The van der Waals surface area contributed by atoms with Gasteiger partial charge in [0, 0.05) is 23.1 Å². The Morgan fingerprint density at radius 3 is 2.70 bits per heavy atom. The third kappa shape index (κ3) is 4.15. The van der Waals surface area contributed by atoms with E-state index in [1.165, 1.54) is 12.3 Å². The van der Waals surface area contributed by atoms with E-state index in [1.807, 2.05) is 31.2 Å². The standard InChI is InChI=1S/C23H18N2O5/c1-14-8-23(28)30-21-11-18(6-7-19(14)21)29-13-22(27)25-24-12-17-9-15-4-2-3-5-16(15)10-20(17)26/h2-12,26H,13H2,1H3,(H,25,27). The molecule has 4 aromatic rings. The van der Waals surface area contributed by atoms with Crippen LogP contribution in [0.15, 0.2) is 75.0 Å². The monoisotopic (exact) mass is 402 g/mol. The minimum absolute atomic E-state index is 0.0656. The van der Waals surface area contributed by atoms with Gasteiger partial charge in [0.25, 0.3) is 5.91 Å². The maximum absolute atomic E-state index is 12.0. The molecule has 0 bridgehead atoms. The van der Waals surface area contributed by atoms with Crippen LogP contribution in [-0.2, 0) is 4.79 Å². The molecule has 150 valence electrons. The van der Waals surface area contributed by atoms with Crippen molar-refractivity contribution in [2.45, 2.75) is 6.92 Å². The van der Waals surface area contributed by atoms with Crippen LogP contribution in [-0.4, -0.2) is 23.8 Å². The predicted molar refractivity (Wildman–Crippen MR) is 114 cm³/mol. The summed E-state index contributed by atoms with van der Waals surface area (Å²) in [6, 6.07) is 17.5. The lowest BCUT2D eigenvalue weighted by atomic mass is 10.1. The second-order valence-electron chi connectivity index (χ2n) is 6.75. The van der Waals surface area contributed by atoms with E-state index < -0.39 is 11.5 Å². The summed E-state index contributed by atoms with van der Waals surface area (Å²) in [6.07, 6.45) is 1.37. The SMILES string of the molecule is Cc1cc(=O)oc2cc(OCC(=O)NN=Cc3cc4ccccc4cc3O)ccc12. The number of nitrogens with one attached hydrogen (secondary N) is 1. The Bertz CT molecular complexity index is 1340. The fourth-order valence-electron chi connectivity index (χ4n) is 3.10. The van der Waals surface area contributed by atoms with Gasteiger partial charge in [0.15, 0.2) is 6.61 Å². The maximum atomic E-state index is 12.0. The first-order valence-corrected chi connectivity index (χ1v) is 9.20. The van der Waals surface area contributed by atoms with Crippen LogP contribution >= 0.6 is 0 Å². The Hall–Kier alpha value is -4.13. The molecule has 1 amide bonds. The molecule has 7 heteroatoms. The highest BCUT2D eigenvalue weighted by Crippen LogP contribution is 2.24. The summed E-state index contributed by atoms with van der Waals surface area (Å²) in [6.45, 7) is 1.54. The number of hydrazone groups is 1. The minimum atomic E-state index is -0.475. The van der Waals surface area contributed by atoms with Crippen LogP contribution in [0.4, 0.5) is 0 Å². The molecule has 0 unspecified atom stereocenters. The molecule has 0 spiro atoms. The summed E-state index contributed by atoms with van der Waals surface area (Å²) < 4.78 is 10.6. The van der Waals surface area contributed by atoms with E-state index in [0.29, 0.717) is 16.9 Å². The van der Waals surface area contributed by atoms with Gasteiger partial charge in [-0.2, -0.15) is 5.10 Å². The Balaban J connectivity index is 1.39. The third-order valence-corrected chi connectivity index (χ3v) is 4.58. The molecule has 0 aliphatic rings. The summed E-state index contributed by atoms with van der Waals surface area (Å²) in [4.78, 5) is 23.5. The summed E-state index contributed by atoms with van der Waals surface area (Å²) >= 11 is 0. The number of aryl methyl sites for hydroxylation is 1. The van der Waals surface area contributed by atoms with Gasteiger partial charge in [0.2, 0.25) is 0 Å². The van der Waals surface area contributed by atoms with E-state index in [1.54, 1.807) is 30.3 Å². The second-order valence-corrected chi connectivity index (χ2v) is 6.75. The lowest BCUT2D eigenvalue weighted by Gasteiger charge is -2.07. The molecule has 0 atom stereocenters. The van der Waals surface area contributed by atoms with E-state index in [-0.39, 0.29) is 12.4 Å². The zero-order chi connectivity index (χ0) is 21.1. The minimum Gasteiger partial charge on any atom is -0.507 e. The fraction of sp³-hybridized carbons (Fsp3) is 0.0870. The lowest BCUT2D eigenvalue weighted by molar-refractivity contribution is -0.123. The molecule has 30 heavy (non-hydrogen) atoms. The average molecular weight is 402 g/mol. The average Bonchev–Trinajstić information content (AvgIpc) is 2.72. The van der Waals surface area contributed by atoms with Crippen molar-refractivity contribution in [3.05, 3.63) is 82.2 Å². The van der Waals surface area contributed by atoms with Crippen molar-refractivity contribution in [1.29, 1.82) is 0 Å². The number of benzene rings is 3. The van der Waals surface area contributed by atoms with Crippen LogP contribution in [0, 0.1) is 6.92 Å². The predicted octanol–water partition coefficient (Wildman–Crippen LogP) is 3.49. The van der Waals surface area contributed by atoms with Gasteiger partial charge in [0.05, 0.1) is 6.21 Å². The van der Waals surface area contributed by atoms with Crippen LogP contribution in [0.1, 0.15) is 11.1 Å². The molecule has 0 aliphatic carbocycles. The number of amides is 1. The number of rotatable bonds is 5. The molecule has 0 aliphatic heterocycles. The van der Waals surface area contributed by atoms with E-state index >= 15 is 0 Å². The molecule has 4 rings (SSSR count). The van der Waals surface area contributed by atoms with Gasteiger partial charge in [0.1, 0.15) is 17.1 Å². The number of hydrogen-bond donors (Lipinski definition) is 2. The molecule has 1 aromatic heterocycles. The van der Waals surface area contributed by atoms with Crippen LogP contribution in [0.25, 0.3) is 21.7 Å². The first-order chi connectivity index (χ1) is 14.5. The Morgan fingerprint density at radius 2 is 1.90 bits per heavy atom. The summed E-state index contributed by atoms with van der Waals surface area (Å²) in [5.74, 6) is -0.0178. The topological polar surface area (TPSA) is 101 Å². The highest BCUT2D eigenvalue weighted by atomic mass is 16.5. The molecular weight excluding hydrogens is 384 g/mol. The number of carbonyl (C=O) groups is 1. The molecule has 1 heterocycles. The molecule has 0 saturated carbocycles. The first kappa shape index (κ1) is 19.2. The van der Waals surface area contributed by atoms with Crippen molar-refractivity contribution in [3.8, 4) is 11.5 Å². The Morgan fingerprint density at radius 1 is 1.13 bits per heavy atom. The number of phenols is 1. The summed E-state index contributed by atoms with van der Waals surface area (Å²) in [7, 11) is 0. The highest BCUT2D eigenvalue weighted by molar-refractivity contribution is 5.94. The number of phenolic OH excluding ortho intramolecular Hbond substituents is 1. The van der Waals surface area contributed by atoms with Crippen molar-refractivity contribution in [3.63, 3.8) is 0 Å². The van der Waals surface area contributed by atoms with Crippen LogP contribution in [0.2, 0.25) is 0 Å². The van der Waals surface area contributed by atoms with E-state index in [4.69, 9.17) is 9.15 Å². The zero-order valence-electron chi connectivity index (χ0n) is 16.1. The maximum Gasteiger partial charge on any atom is 0.336 e. The van der Waals surface area contributed by atoms with Gasteiger partial charge in [-0.05, 0) is 47.5 Å². The van der Waals surface area contributed by atoms with E-state index in [0.717, 1.165) is 21.7 Å². The second kappa shape index (κ2) is 8.08. The molecule has 2 N–H and O–H groups in total. The molecule has 0 saturated heterocycles. The van der Waals surface area contributed by atoms with Gasteiger partial charge >= 0.3 is 5.63 Å². The number of ether oxygens (including phenoxy) is 1. The van der Waals surface area contributed by atoms with E-state index in [9.17, 15) is 14.7 Å². The van der Waals surface area contributed by atoms with Crippen LogP contribution < -0.4 is 15.8 Å². The Kier molecular flexibility index (Phi) is 5.17. The van der Waals surface area contributed by atoms with Crippen molar-refractivity contribution >= 4 is 33.9 Å². The zero-order valence-corrected chi connectivity index (χ0v) is 16.1. The quantitative estimate of drug-likeness (QED) is 0.302. The van der Waals surface area contributed by atoms with Gasteiger partial charge in [-0.15, -0.1) is 0 Å². The van der Waals surface area contributed by atoms with E-state index in [2.05, 4.69) is 10.5 Å². The first-order valence-electron chi connectivity index (χ1n) is 9.20. The van der Waals surface area contributed by atoms with Crippen LogP contribution in [0.5, 0.6) is 11.5 Å². The summed E-state index contributed by atoms with van der Waals surface area (Å²) in [5, 5.41) is 16.6. The normalized spacial score (nSPS) is 11.2. The van der Waals surface area contributed by atoms with Crippen LogP contribution in [0.3, 0.4) is 0 Å². The van der Waals surface area contributed by atoms with Crippen molar-refractivity contribution in [2.24, 2.45) is 5.10 Å². The molecule has 3 aromatic carbocycles. The number of hydrogen-bond acceptors (Lipinski definition) is 6. The molecule has 7 nitrogen and oxygen atoms in total. The van der Waals surface area contributed by atoms with Crippen molar-refractivity contribution < 1.29 is 19.1 Å². The van der Waals surface area contributed by atoms with Gasteiger partial charge in [-0.3, -0.25) is 4.79 Å². The molecular formula is C23H18N2O5. The summed E-state index contributed by atoms with van der Waals surface area (Å²) in [5.41, 5.74) is 3.59. The number of aromatic hydroxyl groups is 1. The Labute approximate surface area is 171 Å². The fourth-order valence-corrected chi connectivity index (χ4v) is 3.10. The van der Waals surface area contributed by atoms with Crippen molar-refractivity contribution in [2.75, 3.05) is 6.61 Å². The number of carbonyl (C=O) groups excluding carboxylic acids is 1. The van der Waals surface area contributed by atoms with Gasteiger partial charge < -0.3 is 14.3 Å². The van der Waals surface area contributed by atoms with Gasteiger partial charge in [-0.1, -0.05) is 24.3 Å². The largest absolute Gasteiger partial charge is 0.507 e. The smallest absolute Gasteiger partial charge is 0.336 e. The highest BCUT2D eigenvalue weighted by Gasteiger charge is 2.07. The number of fused-ring (bicyclic) bond motifs is 2. The van der Waals surface area contributed by atoms with Gasteiger partial charge in [-0.25, -0.2) is 10.2 Å². The number of nitrogens with zero attached hydrogens (tertiary/aromatic N) is 1. The molecule has 0 fully saturated rings. The van der Waals surface area contributed by atoms with Crippen molar-refractivity contribution in [1.82, 2.24) is 5.43 Å². The lowest BCUT2D eigenvalue weighted by Crippen LogP contribution is -2.24. The molecule has 0 radical (unpaired) electrons.